The van der Waals surface area contributed by atoms with Gasteiger partial charge >= 0.3 is 0 Å². The number of nitrogens with zero attached hydrogens (tertiary/aromatic N) is 2. The molecule has 14 nitrogen and oxygen atoms in total. The van der Waals surface area contributed by atoms with Crippen LogP contribution in [-0.2, 0) is 41.6 Å². The number of likely N-dealkylation sites (tertiary alicyclic amines) is 2. The number of benzene rings is 3. The lowest BCUT2D eigenvalue weighted by Gasteiger charge is -2.36. The fourth-order valence-corrected chi connectivity index (χ4v) is 10.9. The van der Waals surface area contributed by atoms with Gasteiger partial charge in [0.15, 0.2) is 0 Å². The average molecular weight is 959 g/mol. The molecular formula is C56H78N8O6. The van der Waals surface area contributed by atoms with Gasteiger partial charge in [0.25, 0.3) is 0 Å². The summed E-state index contributed by atoms with van der Waals surface area (Å²) in [7, 11) is 3.41. The third-order valence-corrected chi connectivity index (χ3v) is 15.3. The van der Waals surface area contributed by atoms with Crippen molar-refractivity contribution in [2.24, 2.45) is 10.8 Å². The van der Waals surface area contributed by atoms with E-state index in [0.29, 0.717) is 38.8 Å². The van der Waals surface area contributed by atoms with E-state index in [0.717, 1.165) is 71.9 Å². The molecule has 0 spiro atoms. The Hall–Kier alpha value is -5.60. The Balaban J connectivity index is 1.04. The van der Waals surface area contributed by atoms with Crippen molar-refractivity contribution in [1.29, 1.82) is 0 Å². The number of amides is 6. The van der Waals surface area contributed by atoms with Crippen LogP contribution < -0.4 is 31.9 Å². The van der Waals surface area contributed by atoms with Gasteiger partial charge in [0.1, 0.15) is 24.2 Å². The van der Waals surface area contributed by atoms with Crippen LogP contribution in [0.1, 0.15) is 141 Å². The highest BCUT2D eigenvalue weighted by Crippen LogP contribution is 2.40. The van der Waals surface area contributed by atoms with Gasteiger partial charge in [-0.05, 0) is 147 Å². The zero-order valence-electron chi connectivity index (χ0n) is 43.2. The molecule has 2 aliphatic carbocycles. The Kier molecular flexibility index (Phi) is 16.3. The van der Waals surface area contributed by atoms with Gasteiger partial charge in [-0.25, -0.2) is 0 Å². The summed E-state index contributed by atoms with van der Waals surface area (Å²) in [6.45, 7) is 16.0. The Morgan fingerprint density at radius 1 is 0.529 bits per heavy atom. The third kappa shape index (κ3) is 11.3. The zero-order chi connectivity index (χ0) is 50.7. The zero-order valence-corrected chi connectivity index (χ0v) is 43.2. The van der Waals surface area contributed by atoms with E-state index >= 15 is 0 Å². The largest absolute Gasteiger partial charge is 0.347 e. The second kappa shape index (κ2) is 21.8. The molecule has 1 unspecified atom stereocenters. The summed E-state index contributed by atoms with van der Waals surface area (Å²) in [6.07, 6.45) is 7.78. The molecule has 3 aromatic carbocycles. The van der Waals surface area contributed by atoms with E-state index in [-0.39, 0.29) is 47.5 Å². The Morgan fingerprint density at radius 2 is 0.900 bits per heavy atom. The van der Waals surface area contributed by atoms with Gasteiger partial charge in [-0.15, -0.1) is 0 Å². The van der Waals surface area contributed by atoms with Crippen LogP contribution in [0.3, 0.4) is 0 Å². The monoisotopic (exact) mass is 959 g/mol. The summed E-state index contributed by atoms with van der Waals surface area (Å²) in [6, 6.07) is 17.3. The molecule has 0 aromatic heterocycles. The van der Waals surface area contributed by atoms with E-state index in [1.165, 1.54) is 11.1 Å². The second-order valence-corrected chi connectivity index (χ2v) is 22.2. The molecule has 0 bridgehead atoms. The number of rotatable bonds is 14. The van der Waals surface area contributed by atoms with Crippen LogP contribution in [0, 0.1) is 10.8 Å². The molecule has 14 heteroatoms. The van der Waals surface area contributed by atoms with Crippen molar-refractivity contribution in [2.75, 3.05) is 27.2 Å². The minimum atomic E-state index is -0.776. The first kappa shape index (κ1) is 52.2. The smallest absolute Gasteiger partial charge is 0.246 e. The van der Waals surface area contributed by atoms with Crippen molar-refractivity contribution in [1.82, 2.24) is 41.7 Å². The molecule has 7 rings (SSSR count). The number of likely N-dealkylation sites (N-methyl/N-ethyl adjacent to an activating group) is 2. The van der Waals surface area contributed by atoms with E-state index in [1.54, 1.807) is 37.7 Å². The molecule has 2 fully saturated rings. The molecule has 6 amide bonds. The van der Waals surface area contributed by atoms with Gasteiger partial charge in [0.05, 0.1) is 24.2 Å². The minimum Gasteiger partial charge on any atom is -0.347 e. The van der Waals surface area contributed by atoms with Crippen molar-refractivity contribution >= 4 is 35.4 Å². The maximum absolute atomic E-state index is 14.1. The molecular weight excluding hydrogens is 881 g/mol. The fraction of sp³-hybridized carbons (Fsp3) is 0.571. The molecule has 6 N–H and O–H groups in total. The van der Waals surface area contributed by atoms with Gasteiger partial charge in [0, 0.05) is 13.1 Å². The van der Waals surface area contributed by atoms with Crippen molar-refractivity contribution in [3.63, 3.8) is 0 Å². The van der Waals surface area contributed by atoms with Gasteiger partial charge in [-0.1, -0.05) is 102 Å². The molecule has 378 valence electrons. The van der Waals surface area contributed by atoms with Crippen molar-refractivity contribution in [3.8, 4) is 22.3 Å². The van der Waals surface area contributed by atoms with Crippen molar-refractivity contribution in [3.05, 3.63) is 82.9 Å². The van der Waals surface area contributed by atoms with Gasteiger partial charge in [-0.3, -0.25) is 28.8 Å². The molecule has 0 radical (unpaired) electrons. The first-order valence-corrected chi connectivity index (χ1v) is 25.7. The SMILES string of the molecule is CN[C@@H](C)C(=O)NC(C(=O)N1CCC[C@H]1C(=O)N[C@@H]1CCCc2c(-c3ccc(-c4cccc5c4CCC[C@H]5NC(=O)[C@@H]4CCCN4C(=O)[C@@H](NC(=O)[C@H](C)NC)C(C)(C)C)cc3)cccc21)C(C)(C)C. The lowest BCUT2D eigenvalue weighted by molar-refractivity contribution is -0.144. The number of carbonyl (C=O) groups is 6. The van der Waals surface area contributed by atoms with Crippen LogP contribution in [0.2, 0.25) is 0 Å². The van der Waals surface area contributed by atoms with Crippen LogP contribution in [0.15, 0.2) is 60.7 Å². The Morgan fingerprint density at radius 3 is 1.24 bits per heavy atom. The van der Waals surface area contributed by atoms with Gasteiger partial charge in [-0.2, -0.15) is 0 Å². The maximum atomic E-state index is 14.1. The summed E-state index contributed by atoms with van der Waals surface area (Å²) in [4.78, 5) is 85.7. The predicted octanol–water partition coefficient (Wildman–Crippen LogP) is 6.27. The van der Waals surface area contributed by atoms with Crippen LogP contribution in [-0.4, -0.2) is 109 Å². The number of nitrogens with one attached hydrogen (secondary N) is 6. The summed E-state index contributed by atoms with van der Waals surface area (Å²) in [5, 5.41) is 18.5. The van der Waals surface area contributed by atoms with Crippen LogP contribution in [0.4, 0.5) is 0 Å². The average Bonchev–Trinajstić information content (AvgIpc) is 4.05. The standard InChI is InChI=1S/C56H78N8O6/c1-33(57-9)49(65)61-47(55(3,4)5)53(69)63-31-15-25-45(63)51(67)59-43-23-13-19-39-37(17-11-21-41(39)43)35-27-29-36(30-28-35)38-18-12-22-42-40(38)20-14-24-44(42)60-52(68)46-26-16-32-64(46)54(70)48(56(6,7)8)62-50(66)34(2)58-10/h11-12,17-18,21-22,27-30,33-34,43-48,57-58H,13-16,19-20,23-26,31-32H2,1-10H3,(H,59,67)(H,60,68)(H,61,65)(H,62,66)/t33-,34-,43+,44+,45-,46-,47+,48?/m0/s1. The fourth-order valence-electron chi connectivity index (χ4n) is 10.9. The molecule has 4 aliphatic rings. The number of hydrogen-bond acceptors (Lipinski definition) is 8. The lowest BCUT2D eigenvalue weighted by Crippen LogP contribution is -2.59. The molecule has 2 saturated heterocycles. The number of hydrogen-bond donors (Lipinski definition) is 6. The molecule has 70 heavy (non-hydrogen) atoms. The maximum Gasteiger partial charge on any atom is 0.246 e. The van der Waals surface area contributed by atoms with Crippen LogP contribution in [0.5, 0.6) is 0 Å². The van der Waals surface area contributed by atoms with Crippen LogP contribution >= 0.6 is 0 Å². The molecule has 0 saturated carbocycles. The highest BCUT2D eigenvalue weighted by Gasteiger charge is 2.44. The van der Waals surface area contributed by atoms with Crippen molar-refractivity contribution in [2.45, 2.75) is 168 Å². The summed E-state index contributed by atoms with van der Waals surface area (Å²) in [5.41, 5.74) is 8.01. The van der Waals surface area contributed by atoms with Crippen LogP contribution in [0.25, 0.3) is 22.3 Å². The first-order chi connectivity index (χ1) is 33.2. The molecule has 8 atom stereocenters. The third-order valence-electron chi connectivity index (χ3n) is 15.3. The lowest BCUT2D eigenvalue weighted by atomic mass is 9.81. The van der Waals surface area contributed by atoms with E-state index in [2.05, 4.69) is 92.6 Å². The first-order valence-electron chi connectivity index (χ1n) is 25.7. The second-order valence-electron chi connectivity index (χ2n) is 22.2. The Labute approximate surface area is 415 Å². The van der Waals surface area contributed by atoms with Crippen molar-refractivity contribution < 1.29 is 28.8 Å². The summed E-state index contributed by atoms with van der Waals surface area (Å²) < 4.78 is 0. The summed E-state index contributed by atoms with van der Waals surface area (Å²) >= 11 is 0. The predicted molar refractivity (Wildman–Crippen MR) is 274 cm³/mol. The van der Waals surface area contributed by atoms with E-state index in [9.17, 15) is 28.8 Å². The highest BCUT2D eigenvalue weighted by atomic mass is 16.2. The van der Waals surface area contributed by atoms with E-state index in [1.807, 2.05) is 41.5 Å². The van der Waals surface area contributed by atoms with Gasteiger partial charge < -0.3 is 41.7 Å². The number of fused-ring (bicyclic) bond motifs is 2. The molecule has 3 aromatic rings. The quantitative estimate of drug-likeness (QED) is 0.110. The van der Waals surface area contributed by atoms with Gasteiger partial charge in [0.2, 0.25) is 35.4 Å². The number of carbonyl (C=O) groups excluding carboxylic acids is 6. The normalized spacial score (nSPS) is 21.9. The molecule has 2 heterocycles. The minimum absolute atomic E-state index is 0.156. The Bertz CT molecular complexity index is 2260. The highest BCUT2D eigenvalue weighted by molar-refractivity contribution is 5.95. The van der Waals surface area contributed by atoms with E-state index < -0.39 is 47.1 Å². The molecule has 2 aliphatic heterocycles. The topological polar surface area (TPSA) is 181 Å². The van der Waals surface area contributed by atoms with E-state index in [4.69, 9.17) is 0 Å². The summed E-state index contributed by atoms with van der Waals surface area (Å²) in [5.74, 6) is -1.28.